The Bertz CT molecular complexity index is 762. The van der Waals surface area contributed by atoms with Crippen molar-refractivity contribution in [1.29, 1.82) is 0 Å². The number of anilines is 2. The Morgan fingerprint density at radius 2 is 1.72 bits per heavy atom. The predicted molar refractivity (Wildman–Crippen MR) is 113 cm³/mol. The van der Waals surface area contributed by atoms with Crippen molar-refractivity contribution < 1.29 is 19.5 Å². The summed E-state index contributed by atoms with van der Waals surface area (Å²) in [6, 6.07) is 5.06. The summed E-state index contributed by atoms with van der Waals surface area (Å²) in [4.78, 5) is 39.9. The molecule has 1 aromatic rings. The van der Waals surface area contributed by atoms with Gasteiger partial charge in [-0.2, -0.15) is 0 Å². The molecule has 0 saturated carbocycles. The van der Waals surface area contributed by atoms with Crippen LogP contribution in [0.3, 0.4) is 0 Å². The fourth-order valence-electron chi connectivity index (χ4n) is 3.12. The van der Waals surface area contributed by atoms with E-state index in [0.717, 1.165) is 5.69 Å². The van der Waals surface area contributed by atoms with Gasteiger partial charge >= 0.3 is 5.97 Å². The van der Waals surface area contributed by atoms with Gasteiger partial charge in [0.2, 0.25) is 11.8 Å². The molecule has 0 aliphatic carbocycles. The molecule has 1 fully saturated rings. The summed E-state index contributed by atoms with van der Waals surface area (Å²) in [5, 5.41) is 15.2. The van der Waals surface area contributed by atoms with E-state index in [1.165, 1.54) is 0 Å². The third-order valence-corrected chi connectivity index (χ3v) is 4.63. The fourth-order valence-corrected chi connectivity index (χ4v) is 3.12. The van der Waals surface area contributed by atoms with E-state index in [9.17, 15) is 19.5 Å². The van der Waals surface area contributed by atoms with Gasteiger partial charge in [-0.25, -0.2) is 4.79 Å². The molecule has 1 heterocycles. The highest BCUT2D eigenvalue weighted by atomic mass is 16.4. The summed E-state index contributed by atoms with van der Waals surface area (Å²) in [7, 11) is 0. The standard InChI is InChI=1S/C21H32N4O4/c1-14(2)19(27)22-17-7-6-15(12-16(17)20(28)29)25-10-8-24(9-11-25)13-18(26)23-21(3,4)5/h6-7,12,14H,8-11,13H2,1-5H3,(H,22,27)(H,23,26)(H,28,29). The summed E-state index contributed by atoms with van der Waals surface area (Å²) < 4.78 is 0. The van der Waals surface area contributed by atoms with Crippen molar-refractivity contribution in [3.05, 3.63) is 23.8 Å². The van der Waals surface area contributed by atoms with E-state index in [2.05, 4.69) is 20.4 Å². The van der Waals surface area contributed by atoms with Crippen molar-refractivity contribution >= 4 is 29.2 Å². The van der Waals surface area contributed by atoms with Crippen molar-refractivity contribution in [1.82, 2.24) is 10.2 Å². The number of aromatic carboxylic acids is 1. The number of carbonyl (C=O) groups is 3. The molecule has 2 rings (SSSR count). The first-order valence-electron chi connectivity index (χ1n) is 9.93. The summed E-state index contributed by atoms with van der Waals surface area (Å²) in [6.45, 7) is 12.5. The molecule has 8 heteroatoms. The lowest BCUT2D eigenvalue weighted by atomic mass is 10.1. The van der Waals surface area contributed by atoms with Crippen molar-refractivity contribution in [3.63, 3.8) is 0 Å². The number of carbonyl (C=O) groups excluding carboxylic acids is 2. The van der Waals surface area contributed by atoms with Gasteiger partial charge in [-0.15, -0.1) is 0 Å². The molecule has 1 aliphatic rings. The zero-order valence-electron chi connectivity index (χ0n) is 17.9. The van der Waals surface area contributed by atoms with Crippen LogP contribution in [-0.4, -0.2) is 66.1 Å². The molecule has 1 aromatic carbocycles. The zero-order chi connectivity index (χ0) is 21.8. The lowest BCUT2D eigenvalue weighted by Gasteiger charge is -2.36. The largest absolute Gasteiger partial charge is 0.478 e. The molecule has 0 radical (unpaired) electrons. The lowest BCUT2D eigenvalue weighted by molar-refractivity contribution is -0.123. The average Bonchev–Trinajstić information content (AvgIpc) is 2.60. The smallest absolute Gasteiger partial charge is 0.337 e. The highest BCUT2D eigenvalue weighted by molar-refractivity contribution is 6.01. The van der Waals surface area contributed by atoms with Crippen molar-refractivity contribution in [2.24, 2.45) is 5.92 Å². The van der Waals surface area contributed by atoms with E-state index in [0.29, 0.717) is 38.4 Å². The number of rotatable bonds is 6. The van der Waals surface area contributed by atoms with Crippen LogP contribution in [0.15, 0.2) is 18.2 Å². The Balaban J connectivity index is 2.01. The maximum absolute atomic E-state index is 12.1. The van der Waals surface area contributed by atoms with E-state index >= 15 is 0 Å². The molecule has 8 nitrogen and oxygen atoms in total. The van der Waals surface area contributed by atoms with Crippen LogP contribution in [0.2, 0.25) is 0 Å². The quantitative estimate of drug-likeness (QED) is 0.670. The van der Waals surface area contributed by atoms with Crippen LogP contribution in [0.25, 0.3) is 0 Å². The minimum Gasteiger partial charge on any atom is -0.478 e. The van der Waals surface area contributed by atoms with E-state index in [4.69, 9.17) is 0 Å². The summed E-state index contributed by atoms with van der Waals surface area (Å²) in [5.41, 5.74) is 0.920. The molecule has 1 saturated heterocycles. The molecule has 0 spiro atoms. The number of carboxylic acids is 1. The van der Waals surface area contributed by atoms with Gasteiger partial charge in [0.25, 0.3) is 0 Å². The highest BCUT2D eigenvalue weighted by Gasteiger charge is 2.23. The Kier molecular flexibility index (Phi) is 7.24. The molecule has 0 atom stereocenters. The SMILES string of the molecule is CC(C)C(=O)Nc1ccc(N2CCN(CC(=O)NC(C)(C)C)CC2)cc1C(=O)O. The molecule has 0 unspecified atom stereocenters. The molecule has 0 aromatic heterocycles. The zero-order valence-corrected chi connectivity index (χ0v) is 17.9. The number of amides is 2. The third kappa shape index (κ3) is 6.74. The number of nitrogens with zero attached hydrogens (tertiary/aromatic N) is 2. The van der Waals surface area contributed by atoms with Gasteiger partial charge in [0.15, 0.2) is 0 Å². The maximum Gasteiger partial charge on any atom is 0.337 e. The molecular weight excluding hydrogens is 372 g/mol. The van der Waals surface area contributed by atoms with E-state index in [1.807, 2.05) is 26.8 Å². The molecule has 0 bridgehead atoms. The Hall–Kier alpha value is -2.61. The molecule has 160 valence electrons. The third-order valence-electron chi connectivity index (χ3n) is 4.63. The van der Waals surface area contributed by atoms with Gasteiger partial charge in [0, 0.05) is 43.3 Å². The highest BCUT2D eigenvalue weighted by Crippen LogP contribution is 2.25. The number of piperazine rings is 1. The van der Waals surface area contributed by atoms with Gasteiger partial charge in [-0.1, -0.05) is 13.8 Å². The van der Waals surface area contributed by atoms with Gasteiger partial charge in [0.05, 0.1) is 17.8 Å². The van der Waals surface area contributed by atoms with Crippen LogP contribution in [-0.2, 0) is 9.59 Å². The number of hydrogen-bond acceptors (Lipinski definition) is 5. The van der Waals surface area contributed by atoms with Crippen LogP contribution in [0.5, 0.6) is 0 Å². The molecule has 3 N–H and O–H groups in total. The van der Waals surface area contributed by atoms with Crippen LogP contribution >= 0.6 is 0 Å². The lowest BCUT2D eigenvalue weighted by Crippen LogP contribution is -2.51. The van der Waals surface area contributed by atoms with Gasteiger partial charge in [0.1, 0.15) is 0 Å². The number of benzene rings is 1. The van der Waals surface area contributed by atoms with Crippen LogP contribution in [0.1, 0.15) is 45.0 Å². The van der Waals surface area contributed by atoms with Crippen molar-refractivity contribution in [2.45, 2.75) is 40.2 Å². The molecule has 2 amide bonds. The number of hydrogen-bond donors (Lipinski definition) is 3. The first-order valence-corrected chi connectivity index (χ1v) is 9.93. The van der Waals surface area contributed by atoms with Gasteiger partial charge in [-0.3, -0.25) is 14.5 Å². The van der Waals surface area contributed by atoms with Crippen molar-refractivity contribution in [3.8, 4) is 0 Å². The first-order chi connectivity index (χ1) is 13.5. The van der Waals surface area contributed by atoms with Crippen LogP contribution in [0.4, 0.5) is 11.4 Å². The molecule has 29 heavy (non-hydrogen) atoms. The minimum atomic E-state index is -1.08. The summed E-state index contributed by atoms with van der Waals surface area (Å²) in [6.07, 6.45) is 0. The Labute approximate surface area is 172 Å². The van der Waals surface area contributed by atoms with E-state index in [1.54, 1.807) is 26.0 Å². The second kappa shape index (κ2) is 9.26. The fraction of sp³-hybridized carbons (Fsp3) is 0.571. The number of nitrogens with one attached hydrogen (secondary N) is 2. The van der Waals surface area contributed by atoms with Gasteiger partial charge < -0.3 is 20.6 Å². The Morgan fingerprint density at radius 3 is 2.24 bits per heavy atom. The summed E-state index contributed by atoms with van der Waals surface area (Å²) >= 11 is 0. The second-order valence-electron chi connectivity index (χ2n) is 8.74. The monoisotopic (exact) mass is 404 g/mol. The number of carboxylic acid groups (broad SMARTS) is 1. The Morgan fingerprint density at radius 1 is 1.10 bits per heavy atom. The van der Waals surface area contributed by atoms with Crippen LogP contribution in [0, 0.1) is 5.92 Å². The van der Waals surface area contributed by atoms with E-state index in [-0.39, 0.29) is 28.8 Å². The predicted octanol–water partition coefficient (Wildman–Crippen LogP) is 2.02. The average molecular weight is 405 g/mol. The van der Waals surface area contributed by atoms with Crippen molar-refractivity contribution in [2.75, 3.05) is 42.9 Å². The van der Waals surface area contributed by atoms with E-state index < -0.39 is 5.97 Å². The normalized spacial score (nSPS) is 15.3. The topological polar surface area (TPSA) is 102 Å². The van der Waals surface area contributed by atoms with Crippen LogP contribution < -0.4 is 15.5 Å². The second-order valence-corrected chi connectivity index (χ2v) is 8.74. The summed E-state index contributed by atoms with van der Waals surface area (Å²) in [5.74, 6) is -1.53. The molecular formula is C21H32N4O4. The first kappa shape index (κ1) is 22.7. The maximum atomic E-state index is 12.1. The van der Waals surface area contributed by atoms with Gasteiger partial charge in [-0.05, 0) is 39.0 Å². The minimum absolute atomic E-state index is 0.00404. The molecule has 1 aliphatic heterocycles.